The zero-order valence-electron chi connectivity index (χ0n) is 48.4. The Labute approximate surface area is 453 Å². The zero-order chi connectivity index (χ0) is 52.9. The Hall–Kier alpha value is -3.15. The normalized spacial score (nSPS) is 12.5. The first-order chi connectivity index (χ1) is 36.0. The Morgan fingerprint density at radius 1 is 0.301 bits per heavy atom. The Morgan fingerprint density at radius 2 is 0.575 bits per heavy atom. The van der Waals surface area contributed by atoms with Crippen LogP contribution in [-0.4, -0.2) is 37.2 Å². The van der Waals surface area contributed by atoms with Gasteiger partial charge in [-0.2, -0.15) is 0 Å². The molecule has 0 rings (SSSR count). The van der Waals surface area contributed by atoms with E-state index >= 15 is 0 Å². The molecule has 73 heavy (non-hydrogen) atoms. The quantitative estimate of drug-likeness (QED) is 0.0261. The van der Waals surface area contributed by atoms with E-state index in [0.717, 1.165) is 70.6 Å². The minimum absolute atomic E-state index is 0.100. The topological polar surface area (TPSA) is 78.9 Å². The van der Waals surface area contributed by atoms with E-state index in [4.69, 9.17) is 14.2 Å². The molecule has 422 valence electrons. The second kappa shape index (κ2) is 61.4. The van der Waals surface area contributed by atoms with E-state index < -0.39 is 12.1 Å². The minimum atomic E-state index is -0.826. The first kappa shape index (κ1) is 69.8. The number of esters is 3. The monoisotopic (exact) mass is 1020 g/mol. The average molecular weight is 1020 g/mol. The highest BCUT2D eigenvalue weighted by Gasteiger charge is 2.19. The van der Waals surface area contributed by atoms with Crippen LogP contribution in [0.5, 0.6) is 0 Å². The van der Waals surface area contributed by atoms with Crippen LogP contribution < -0.4 is 0 Å². The van der Waals surface area contributed by atoms with Gasteiger partial charge < -0.3 is 14.2 Å². The number of carbonyl (C=O) groups is 3. The van der Waals surface area contributed by atoms with Gasteiger partial charge in [-0.05, 0) is 70.6 Å². The number of hydrogen-bond donors (Lipinski definition) is 0. The first-order valence-corrected chi connectivity index (χ1v) is 31.4. The molecular weight excluding hydrogens is 901 g/mol. The lowest BCUT2D eigenvalue weighted by Gasteiger charge is -2.18. The van der Waals surface area contributed by atoms with Crippen LogP contribution >= 0.6 is 0 Å². The molecule has 0 saturated carbocycles. The van der Waals surface area contributed by atoms with Crippen molar-refractivity contribution in [2.45, 2.75) is 322 Å². The third-order valence-electron chi connectivity index (χ3n) is 13.7. The van der Waals surface area contributed by atoms with Crippen LogP contribution in [0.2, 0.25) is 0 Å². The molecule has 0 fully saturated rings. The summed E-state index contributed by atoms with van der Waals surface area (Å²) in [7, 11) is 0. The van der Waals surface area contributed by atoms with Gasteiger partial charge in [0.25, 0.3) is 0 Å². The molecule has 1 unspecified atom stereocenters. The van der Waals surface area contributed by atoms with E-state index in [2.05, 4.69) is 81.5 Å². The van der Waals surface area contributed by atoms with Crippen LogP contribution in [0.1, 0.15) is 316 Å². The van der Waals surface area contributed by atoms with E-state index in [1.165, 1.54) is 205 Å². The SMILES string of the molecule is CC/C=C\C/C=C\C/C=C\C/C=C\C/C=C\CC(=O)OC(COC(=O)CCCCCCCCCCC)COC(=O)CCCCCCCCCCCCCCCCCCCCC/C=C\CCCCCCCCCC. The van der Waals surface area contributed by atoms with Crippen molar-refractivity contribution >= 4 is 17.9 Å². The maximum absolute atomic E-state index is 12.8. The molecule has 0 N–H and O–H groups in total. The van der Waals surface area contributed by atoms with E-state index in [1.807, 2.05) is 6.08 Å². The first-order valence-electron chi connectivity index (χ1n) is 31.4. The molecule has 0 aromatic rings. The van der Waals surface area contributed by atoms with Gasteiger partial charge >= 0.3 is 17.9 Å². The number of hydrogen-bond acceptors (Lipinski definition) is 6. The van der Waals surface area contributed by atoms with Crippen molar-refractivity contribution in [3.63, 3.8) is 0 Å². The Bertz CT molecular complexity index is 1360. The molecule has 0 aliphatic carbocycles. The number of rotatable bonds is 57. The van der Waals surface area contributed by atoms with E-state index in [1.54, 1.807) is 6.08 Å². The standard InChI is InChI=1S/C67H118O6/c1-4-7-10-13-16-19-21-23-25-26-27-28-29-30-31-32-33-34-35-36-37-38-39-40-42-43-45-48-51-54-57-60-66(69)72-63-64(62-71-65(68)59-56-53-50-47-18-15-12-9-6-3)73-67(70)61-58-55-52-49-46-44-41-24-22-20-17-14-11-8-5-2/h8,11,17,20,24,26-27,41,46,49,55,58,64H,4-7,9-10,12-16,18-19,21-23,25,28-40,42-45,47-48,50-54,56-57,59-63H2,1-3H3/b11-8-,20-17-,27-26-,41-24-,49-46-,58-55-. The van der Waals surface area contributed by atoms with E-state index in [-0.39, 0.29) is 31.6 Å². The smallest absolute Gasteiger partial charge is 0.310 e. The summed E-state index contributed by atoms with van der Waals surface area (Å²) in [5.41, 5.74) is 0. The molecule has 0 aromatic heterocycles. The molecule has 0 saturated heterocycles. The lowest BCUT2D eigenvalue weighted by molar-refractivity contribution is -0.166. The van der Waals surface area contributed by atoms with Gasteiger partial charge in [0.15, 0.2) is 6.10 Å². The molecule has 1 atom stereocenters. The maximum atomic E-state index is 12.8. The molecule has 0 bridgehead atoms. The number of carbonyl (C=O) groups excluding carboxylic acids is 3. The van der Waals surface area contributed by atoms with Gasteiger partial charge in [0.05, 0.1) is 6.42 Å². The van der Waals surface area contributed by atoms with Gasteiger partial charge in [0, 0.05) is 12.8 Å². The Kier molecular flexibility index (Phi) is 58.7. The van der Waals surface area contributed by atoms with Crippen molar-refractivity contribution in [2.24, 2.45) is 0 Å². The molecule has 0 heterocycles. The largest absolute Gasteiger partial charge is 0.462 e. The molecular formula is C67H118O6. The van der Waals surface area contributed by atoms with Crippen LogP contribution in [0.3, 0.4) is 0 Å². The van der Waals surface area contributed by atoms with Crippen molar-refractivity contribution < 1.29 is 28.6 Å². The maximum Gasteiger partial charge on any atom is 0.310 e. The molecule has 6 heteroatoms. The summed E-state index contributed by atoms with van der Waals surface area (Å²) in [4.78, 5) is 38.0. The van der Waals surface area contributed by atoms with Crippen molar-refractivity contribution in [2.75, 3.05) is 13.2 Å². The average Bonchev–Trinajstić information content (AvgIpc) is 3.39. The predicted molar refractivity (Wildman–Crippen MR) is 316 cm³/mol. The number of ether oxygens (including phenoxy) is 3. The van der Waals surface area contributed by atoms with E-state index in [9.17, 15) is 14.4 Å². The molecule has 0 radical (unpaired) electrons. The predicted octanol–water partition coefficient (Wildman–Crippen LogP) is 21.3. The van der Waals surface area contributed by atoms with E-state index in [0.29, 0.717) is 12.8 Å². The highest BCUT2D eigenvalue weighted by atomic mass is 16.6. The minimum Gasteiger partial charge on any atom is -0.462 e. The summed E-state index contributed by atoms with van der Waals surface area (Å²) in [6.45, 7) is 6.45. The van der Waals surface area contributed by atoms with Gasteiger partial charge in [-0.25, -0.2) is 0 Å². The fourth-order valence-electron chi connectivity index (χ4n) is 9.05. The zero-order valence-corrected chi connectivity index (χ0v) is 48.4. The summed E-state index contributed by atoms with van der Waals surface area (Å²) in [5.74, 6) is -1.03. The second-order valence-corrected chi connectivity index (χ2v) is 21.0. The van der Waals surface area contributed by atoms with Crippen LogP contribution in [-0.2, 0) is 28.6 Å². The van der Waals surface area contributed by atoms with Crippen molar-refractivity contribution in [3.8, 4) is 0 Å². The third kappa shape index (κ3) is 59.6. The molecule has 0 aliphatic rings. The highest BCUT2D eigenvalue weighted by Crippen LogP contribution is 2.17. The summed E-state index contributed by atoms with van der Waals surface area (Å²) < 4.78 is 16.7. The molecule has 0 aliphatic heterocycles. The second-order valence-electron chi connectivity index (χ2n) is 21.0. The van der Waals surface area contributed by atoms with Gasteiger partial charge in [0.1, 0.15) is 13.2 Å². The van der Waals surface area contributed by atoms with Crippen LogP contribution in [0.15, 0.2) is 72.9 Å². The summed E-state index contributed by atoms with van der Waals surface area (Å²) in [5, 5.41) is 0. The van der Waals surface area contributed by atoms with Gasteiger partial charge in [-0.1, -0.05) is 299 Å². The third-order valence-corrected chi connectivity index (χ3v) is 13.7. The van der Waals surface area contributed by atoms with Crippen LogP contribution in [0, 0.1) is 0 Å². The number of unbranched alkanes of at least 4 members (excludes halogenated alkanes) is 35. The Morgan fingerprint density at radius 3 is 0.890 bits per heavy atom. The lowest BCUT2D eigenvalue weighted by Crippen LogP contribution is -2.30. The van der Waals surface area contributed by atoms with Crippen LogP contribution in [0.25, 0.3) is 0 Å². The molecule has 6 nitrogen and oxygen atoms in total. The molecule has 0 amide bonds. The molecule has 0 spiro atoms. The highest BCUT2D eigenvalue weighted by molar-refractivity contribution is 5.72. The molecule has 0 aromatic carbocycles. The summed E-state index contributed by atoms with van der Waals surface area (Å²) in [6.07, 6.45) is 79.7. The van der Waals surface area contributed by atoms with Crippen molar-refractivity contribution in [1.29, 1.82) is 0 Å². The lowest BCUT2D eigenvalue weighted by atomic mass is 10.0. The van der Waals surface area contributed by atoms with Crippen molar-refractivity contribution in [1.82, 2.24) is 0 Å². The van der Waals surface area contributed by atoms with Crippen LogP contribution in [0.4, 0.5) is 0 Å². The van der Waals surface area contributed by atoms with Crippen molar-refractivity contribution in [3.05, 3.63) is 72.9 Å². The fourth-order valence-corrected chi connectivity index (χ4v) is 9.05. The van der Waals surface area contributed by atoms with Gasteiger partial charge in [0.2, 0.25) is 0 Å². The van der Waals surface area contributed by atoms with Gasteiger partial charge in [-0.3, -0.25) is 14.4 Å². The number of allylic oxidation sites excluding steroid dienone is 11. The summed E-state index contributed by atoms with van der Waals surface area (Å²) in [6, 6.07) is 0. The summed E-state index contributed by atoms with van der Waals surface area (Å²) >= 11 is 0. The fraction of sp³-hybridized carbons (Fsp3) is 0.776. The Balaban J connectivity index is 4.12. The van der Waals surface area contributed by atoms with Gasteiger partial charge in [-0.15, -0.1) is 0 Å².